The Hall–Kier alpha value is -2.15. The van der Waals surface area contributed by atoms with Gasteiger partial charge in [-0.05, 0) is 24.3 Å². The average molecular weight is 299 g/mol. The molecule has 4 nitrogen and oxygen atoms in total. The number of halogens is 2. The van der Waals surface area contributed by atoms with Crippen molar-refractivity contribution in [3.05, 3.63) is 54.1 Å². The number of nitrogens with one attached hydrogen (secondary N) is 1. The largest absolute Gasteiger partial charge is 0.497 e. The van der Waals surface area contributed by atoms with Gasteiger partial charge in [-0.1, -0.05) is 6.07 Å². The van der Waals surface area contributed by atoms with E-state index in [0.717, 1.165) is 12.1 Å². The van der Waals surface area contributed by atoms with Crippen molar-refractivity contribution in [3.63, 3.8) is 0 Å². The first-order chi connectivity index (χ1) is 9.40. The van der Waals surface area contributed by atoms with Gasteiger partial charge >= 0.3 is 0 Å². The zero-order chi connectivity index (χ0) is 14.8. The van der Waals surface area contributed by atoms with E-state index in [4.69, 9.17) is 4.74 Å². The van der Waals surface area contributed by atoms with E-state index in [1.807, 2.05) is 0 Å². The van der Waals surface area contributed by atoms with Gasteiger partial charge in [0.1, 0.15) is 17.4 Å². The first-order valence-corrected chi connectivity index (χ1v) is 7.02. The number of methoxy groups -OCH3 is 1. The van der Waals surface area contributed by atoms with Gasteiger partial charge in [0.15, 0.2) is 0 Å². The molecule has 2 rings (SSSR count). The quantitative estimate of drug-likeness (QED) is 0.944. The zero-order valence-electron chi connectivity index (χ0n) is 10.4. The molecule has 20 heavy (non-hydrogen) atoms. The maximum Gasteiger partial charge on any atom is 0.262 e. The molecule has 106 valence electrons. The second-order valence-corrected chi connectivity index (χ2v) is 5.63. The van der Waals surface area contributed by atoms with Crippen LogP contribution in [0.5, 0.6) is 5.75 Å². The topological polar surface area (TPSA) is 55.4 Å². The minimum Gasteiger partial charge on any atom is -0.497 e. The molecule has 0 unspecified atom stereocenters. The maximum atomic E-state index is 13.1. The number of anilines is 1. The van der Waals surface area contributed by atoms with Gasteiger partial charge in [0.25, 0.3) is 10.0 Å². The molecular weight excluding hydrogens is 288 g/mol. The molecule has 0 fully saturated rings. The summed E-state index contributed by atoms with van der Waals surface area (Å²) >= 11 is 0. The van der Waals surface area contributed by atoms with Gasteiger partial charge in [-0.3, -0.25) is 4.72 Å². The number of rotatable bonds is 4. The Morgan fingerprint density at radius 1 is 1.05 bits per heavy atom. The molecule has 0 spiro atoms. The smallest absolute Gasteiger partial charge is 0.262 e. The number of hydrogen-bond donors (Lipinski definition) is 1. The van der Waals surface area contributed by atoms with Gasteiger partial charge < -0.3 is 4.74 Å². The Labute approximate surface area is 115 Å². The Bertz CT molecular complexity index is 712. The van der Waals surface area contributed by atoms with Crippen LogP contribution in [0.3, 0.4) is 0 Å². The van der Waals surface area contributed by atoms with E-state index in [2.05, 4.69) is 4.72 Å². The van der Waals surface area contributed by atoms with Crippen LogP contribution in [0.25, 0.3) is 0 Å². The SMILES string of the molecule is COc1cccc(NS(=O)(=O)c2cc(F)cc(F)c2)c1. The Balaban J connectivity index is 2.35. The Kier molecular flexibility index (Phi) is 3.89. The summed E-state index contributed by atoms with van der Waals surface area (Å²) < 4.78 is 57.3. The highest BCUT2D eigenvalue weighted by atomic mass is 32.2. The molecule has 0 heterocycles. The minimum atomic E-state index is -4.07. The molecule has 0 aliphatic carbocycles. The normalized spacial score (nSPS) is 11.2. The first-order valence-electron chi connectivity index (χ1n) is 5.54. The lowest BCUT2D eigenvalue weighted by atomic mass is 10.3. The van der Waals surface area contributed by atoms with Crippen molar-refractivity contribution >= 4 is 15.7 Å². The van der Waals surface area contributed by atoms with Gasteiger partial charge in [-0.25, -0.2) is 17.2 Å². The number of hydrogen-bond acceptors (Lipinski definition) is 3. The van der Waals surface area contributed by atoms with Crippen LogP contribution >= 0.6 is 0 Å². The summed E-state index contributed by atoms with van der Waals surface area (Å²) in [6, 6.07) is 8.26. The van der Waals surface area contributed by atoms with Crippen LogP contribution in [-0.2, 0) is 10.0 Å². The van der Waals surface area contributed by atoms with Gasteiger partial charge in [0, 0.05) is 12.1 Å². The molecule has 0 atom stereocenters. The molecule has 0 aliphatic heterocycles. The van der Waals surface area contributed by atoms with E-state index in [0.29, 0.717) is 11.8 Å². The van der Waals surface area contributed by atoms with E-state index in [1.165, 1.54) is 19.2 Å². The van der Waals surface area contributed by atoms with E-state index >= 15 is 0 Å². The van der Waals surface area contributed by atoms with Gasteiger partial charge in [0.05, 0.1) is 17.7 Å². The molecule has 0 saturated heterocycles. The molecule has 0 aliphatic rings. The van der Waals surface area contributed by atoms with E-state index < -0.39 is 26.6 Å². The summed E-state index contributed by atoms with van der Waals surface area (Å²) in [7, 11) is -2.63. The minimum absolute atomic E-state index is 0.231. The maximum absolute atomic E-state index is 13.1. The fourth-order valence-corrected chi connectivity index (χ4v) is 2.67. The van der Waals surface area contributed by atoms with Crippen LogP contribution in [0.2, 0.25) is 0 Å². The molecule has 0 saturated carbocycles. The predicted octanol–water partition coefficient (Wildman–Crippen LogP) is 2.77. The standard InChI is InChI=1S/C13H11F2NO3S/c1-19-12-4-2-3-11(8-12)16-20(17,18)13-6-9(14)5-10(15)7-13/h2-8,16H,1H3. The van der Waals surface area contributed by atoms with Crippen LogP contribution in [0, 0.1) is 11.6 Å². The molecular formula is C13H11F2NO3S. The summed E-state index contributed by atoms with van der Waals surface area (Å²) in [6.45, 7) is 0. The van der Waals surface area contributed by atoms with Crippen LogP contribution in [-0.4, -0.2) is 15.5 Å². The van der Waals surface area contributed by atoms with Crippen molar-refractivity contribution in [1.82, 2.24) is 0 Å². The average Bonchev–Trinajstić information content (AvgIpc) is 2.37. The van der Waals surface area contributed by atoms with Crippen molar-refractivity contribution in [2.75, 3.05) is 11.8 Å². The molecule has 2 aromatic rings. The van der Waals surface area contributed by atoms with Crippen molar-refractivity contribution in [2.24, 2.45) is 0 Å². The molecule has 7 heteroatoms. The Morgan fingerprint density at radius 2 is 1.70 bits per heavy atom. The van der Waals surface area contributed by atoms with Crippen LogP contribution in [0.4, 0.5) is 14.5 Å². The second kappa shape index (κ2) is 5.46. The molecule has 0 bridgehead atoms. The fourth-order valence-electron chi connectivity index (χ4n) is 1.58. The first kappa shape index (κ1) is 14.3. The summed E-state index contributed by atoms with van der Waals surface area (Å²) in [4.78, 5) is -0.488. The molecule has 1 N–H and O–H groups in total. The highest BCUT2D eigenvalue weighted by Gasteiger charge is 2.16. The van der Waals surface area contributed by atoms with Crippen LogP contribution in [0.15, 0.2) is 47.4 Å². The summed E-state index contributed by atoms with van der Waals surface area (Å²) in [5, 5.41) is 0. The highest BCUT2D eigenvalue weighted by molar-refractivity contribution is 7.92. The molecule has 2 aromatic carbocycles. The lowest BCUT2D eigenvalue weighted by molar-refractivity contribution is 0.415. The third-order valence-electron chi connectivity index (χ3n) is 2.47. The van der Waals surface area contributed by atoms with E-state index in [1.54, 1.807) is 12.1 Å². The van der Waals surface area contributed by atoms with Crippen molar-refractivity contribution in [1.29, 1.82) is 0 Å². The molecule has 0 radical (unpaired) electrons. The van der Waals surface area contributed by atoms with E-state index in [9.17, 15) is 17.2 Å². The highest BCUT2D eigenvalue weighted by Crippen LogP contribution is 2.21. The summed E-state index contributed by atoms with van der Waals surface area (Å²) in [5.41, 5.74) is 0.231. The van der Waals surface area contributed by atoms with Crippen molar-refractivity contribution < 1.29 is 21.9 Å². The van der Waals surface area contributed by atoms with Crippen LogP contribution in [0.1, 0.15) is 0 Å². The number of sulfonamides is 1. The Morgan fingerprint density at radius 3 is 2.30 bits per heavy atom. The third kappa shape index (κ3) is 3.24. The monoisotopic (exact) mass is 299 g/mol. The van der Waals surface area contributed by atoms with Crippen molar-refractivity contribution in [2.45, 2.75) is 4.90 Å². The van der Waals surface area contributed by atoms with Gasteiger partial charge in [-0.2, -0.15) is 0 Å². The third-order valence-corrected chi connectivity index (χ3v) is 3.83. The number of benzene rings is 2. The number of ether oxygens (including phenoxy) is 1. The second-order valence-electron chi connectivity index (χ2n) is 3.94. The zero-order valence-corrected chi connectivity index (χ0v) is 11.2. The van der Waals surface area contributed by atoms with Crippen molar-refractivity contribution in [3.8, 4) is 5.75 Å². The lowest BCUT2D eigenvalue weighted by Crippen LogP contribution is -2.13. The van der Waals surface area contributed by atoms with Gasteiger partial charge in [0.2, 0.25) is 0 Å². The summed E-state index contributed by atoms with van der Waals surface area (Å²) in [6.07, 6.45) is 0. The molecule has 0 aromatic heterocycles. The fraction of sp³-hybridized carbons (Fsp3) is 0.0769. The lowest BCUT2D eigenvalue weighted by Gasteiger charge is -2.09. The summed E-state index contributed by atoms with van der Waals surface area (Å²) in [5.74, 6) is -1.47. The van der Waals surface area contributed by atoms with Gasteiger partial charge in [-0.15, -0.1) is 0 Å². The molecule has 0 amide bonds. The predicted molar refractivity (Wildman–Crippen MR) is 70.2 cm³/mol. The van der Waals surface area contributed by atoms with Crippen LogP contribution < -0.4 is 9.46 Å². The van der Waals surface area contributed by atoms with E-state index in [-0.39, 0.29) is 5.69 Å².